The SMILES string of the molecule is C=C(C)[C@@H]1[C@@H](Cc2ccccc2)C2OC(=O)C34OCC1([C@@H](OCc1ccccc1)C(=O)O)C23[C@@H](O)C1OC(=O)[C@@H](C)[C@@]14O. The van der Waals surface area contributed by atoms with Gasteiger partial charge in [0, 0.05) is 5.92 Å². The summed E-state index contributed by atoms with van der Waals surface area (Å²) in [5.74, 6) is -5.60. The summed E-state index contributed by atoms with van der Waals surface area (Å²) in [6.07, 6.45) is -5.64. The topological polar surface area (TPSA) is 149 Å². The molecule has 3 aliphatic heterocycles. The molecule has 2 aromatic rings. The average molecular weight is 591 g/mol. The van der Waals surface area contributed by atoms with Crippen molar-refractivity contribution in [2.75, 3.05) is 6.61 Å². The molecule has 10 heteroatoms. The fourth-order valence-corrected chi connectivity index (χ4v) is 9.73. The second-order valence-corrected chi connectivity index (χ2v) is 12.7. The molecule has 2 aromatic carbocycles. The van der Waals surface area contributed by atoms with Gasteiger partial charge in [-0.05, 0) is 37.3 Å². The van der Waals surface area contributed by atoms with E-state index < -0.39 is 82.1 Å². The van der Waals surface area contributed by atoms with E-state index in [0.717, 1.165) is 11.1 Å². The fourth-order valence-electron chi connectivity index (χ4n) is 9.73. The molecule has 7 rings (SSSR count). The van der Waals surface area contributed by atoms with E-state index in [9.17, 15) is 29.7 Å². The number of hydrogen-bond acceptors (Lipinski definition) is 9. The summed E-state index contributed by atoms with van der Waals surface area (Å²) in [4.78, 5) is 40.4. The zero-order chi connectivity index (χ0) is 30.5. The quantitative estimate of drug-likeness (QED) is 0.308. The molecule has 5 unspecified atom stereocenters. The molecule has 3 N–H and O–H groups in total. The molecule has 226 valence electrons. The Morgan fingerprint density at radius 1 is 1.05 bits per heavy atom. The number of aliphatic carboxylic acids is 1. The molecule has 10 nitrogen and oxygen atoms in total. The van der Waals surface area contributed by atoms with Crippen LogP contribution in [0.1, 0.15) is 25.0 Å². The second kappa shape index (κ2) is 9.22. The van der Waals surface area contributed by atoms with Crippen LogP contribution in [0.2, 0.25) is 0 Å². The fraction of sp³-hybridized carbons (Fsp3) is 0.485. The maximum Gasteiger partial charge on any atom is 0.342 e. The van der Waals surface area contributed by atoms with Crippen LogP contribution in [-0.4, -0.2) is 75.5 Å². The summed E-state index contributed by atoms with van der Waals surface area (Å²) in [6.45, 7) is 7.03. The number of aliphatic hydroxyl groups is 2. The van der Waals surface area contributed by atoms with Crippen molar-refractivity contribution in [3.8, 4) is 0 Å². The largest absolute Gasteiger partial charge is 0.479 e. The molecule has 1 spiro atoms. The third-order valence-corrected chi connectivity index (χ3v) is 11.0. The number of carbonyl (C=O) groups is 3. The van der Waals surface area contributed by atoms with Crippen molar-refractivity contribution in [2.24, 2.45) is 28.6 Å². The summed E-state index contributed by atoms with van der Waals surface area (Å²) in [6, 6.07) is 18.5. The standard InChI is InChI=1S/C33H34O10/c1-17(2)22-21(14-19-10-6-4-7-11-19)24-31-23(34)25-32(39,18(3)28(37)42-25)33(31,29(38)43-24)41-16-30(22,31)26(27(35)36)40-15-20-12-8-5-9-13-20/h4-13,18,21-26,34,39H,1,14-16H2,2-3H3,(H,35,36)/t18-,21-,22-,23+,24?,25?,26+,30?,31?,32-,33?/m1/s1. The molecule has 11 atom stereocenters. The first kappa shape index (κ1) is 28.2. The van der Waals surface area contributed by atoms with Gasteiger partial charge < -0.3 is 34.3 Å². The average Bonchev–Trinajstić information content (AvgIpc) is 3.65. The van der Waals surface area contributed by atoms with Crippen LogP contribution in [0.25, 0.3) is 0 Å². The number of aliphatic hydroxyl groups excluding tert-OH is 1. The van der Waals surface area contributed by atoms with E-state index in [1.165, 1.54) is 6.92 Å². The Morgan fingerprint density at radius 2 is 1.67 bits per heavy atom. The molecule has 2 saturated carbocycles. The minimum Gasteiger partial charge on any atom is -0.479 e. The Morgan fingerprint density at radius 3 is 2.28 bits per heavy atom. The van der Waals surface area contributed by atoms with Crippen molar-refractivity contribution in [2.45, 2.75) is 62.5 Å². The molecule has 0 bridgehead atoms. The van der Waals surface area contributed by atoms with Crippen LogP contribution in [0.5, 0.6) is 0 Å². The van der Waals surface area contributed by atoms with Crippen molar-refractivity contribution in [1.29, 1.82) is 0 Å². The highest BCUT2D eigenvalue weighted by Crippen LogP contribution is 2.82. The van der Waals surface area contributed by atoms with Gasteiger partial charge in [-0.25, -0.2) is 9.59 Å². The predicted molar refractivity (Wildman–Crippen MR) is 148 cm³/mol. The van der Waals surface area contributed by atoms with E-state index in [0.29, 0.717) is 12.0 Å². The normalized spacial score (nSPS) is 42.6. The number of carbonyl (C=O) groups excluding carboxylic acids is 2. The molecule has 5 aliphatic rings. The first-order valence-corrected chi connectivity index (χ1v) is 14.5. The van der Waals surface area contributed by atoms with Gasteiger partial charge in [-0.1, -0.05) is 72.8 Å². The van der Waals surface area contributed by atoms with Crippen LogP contribution in [0.4, 0.5) is 0 Å². The molecule has 3 saturated heterocycles. The third-order valence-electron chi connectivity index (χ3n) is 11.0. The Bertz CT molecular complexity index is 1510. The summed E-state index contributed by atoms with van der Waals surface area (Å²) < 4.78 is 24.4. The number of carboxylic acids is 1. The maximum atomic E-state index is 14.2. The van der Waals surface area contributed by atoms with Crippen LogP contribution in [-0.2, 0) is 46.4 Å². The third kappa shape index (κ3) is 3.04. The van der Waals surface area contributed by atoms with Crippen molar-refractivity contribution in [3.63, 3.8) is 0 Å². The highest BCUT2D eigenvalue weighted by atomic mass is 16.6. The molecule has 5 fully saturated rings. The van der Waals surface area contributed by atoms with Gasteiger partial charge in [0.25, 0.3) is 0 Å². The van der Waals surface area contributed by atoms with Crippen molar-refractivity contribution in [1.82, 2.24) is 0 Å². The Kier molecular flexibility index (Phi) is 6.05. The second-order valence-electron chi connectivity index (χ2n) is 12.7. The molecular weight excluding hydrogens is 556 g/mol. The summed E-state index contributed by atoms with van der Waals surface area (Å²) >= 11 is 0. The maximum absolute atomic E-state index is 14.2. The van der Waals surface area contributed by atoms with Crippen molar-refractivity contribution >= 4 is 17.9 Å². The lowest BCUT2D eigenvalue weighted by Crippen LogP contribution is -2.67. The molecule has 3 heterocycles. The van der Waals surface area contributed by atoms with Gasteiger partial charge in [0.05, 0.1) is 30.0 Å². The van der Waals surface area contributed by atoms with Crippen LogP contribution >= 0.6 is 0 Å². The number of ether oxygens (including phenoxy) is 4. The number of rotatable bonds is 8. The number of allylic oxidation sites excluding steroid dienone is 1. The number of fused-ring (bicyclic) bond motifs is 1. The zero-order valence-electron chi connectivity index (χ0n) is 23.8. The summed E-state index contributed by atoms with van der Waals surface area (Å²) in [5, 5.41) is 35.6. The van der Waals surface area contributed by atoms with Crippen LogP contribution in [0, 0.1) is 28.6 Å². The van der Waals surface area contributed by atoms with Crippen molar-refractivity contribution in [3.05, 3.63) is 83.9 Å². The molecular formula is C33H34O10. The lowest BCUT2D eigenvalue weighted by atomic mass is 9.53. The molecule has 2 aliphatic carbocycles. The smallest absolute Gasteiger partial charge is 0.342 e. The van der Waals surface area contributed by atoms with Gasteiger partial charge in [-0.15, -0.1) is 0 Å². The zero-order valence-corrected chi connectivity index (χ0v) is 23.8. The van der Waals surface area contributed by atoms with Crippen LogP contribution < -0.4 is 0 Å². The first-order chi connectivity index (χ1) is 20.5. The number of carboxylic acid groups (broad SMARTS) is 1. The van der Waals surface area contributed by atoms with E-state index >= 15 is 0 Å². The van der Waals surface area contributed by atoms with Crippen molar-refractivity contribution < 1.29 is 48.7 Å². The Hall–Kier alpha value is -3.57. The minimum absolute atomic E-state index is 0.0798. The molecule has 0 radical (unpaired) electrons. The van der Waals surface area contributed by atoms with E-state index in [2.05, 4.69) is 6.58 Å². The van der Waals surface area contributed by atoms with Gasteiger partial charge >= 0.3 is 17.9 Å². The Balaban J connectivity index is 1.48. The number of esters is 2. The van der Waals surface area contributed by atoms with E-state index in [-0.39, 0.29) is 13.2 Å². The van der Waals surface area contributed by atoms with Gasteiger partial charge in [-0.2, -0.15) is 0 Å². The Labute approximate surface area is 248 Å². The van der Waals surface area contributed by atoms with Crippen LogP contribution in [0.3, 0.4) is 0 Å². The highest BCUT2D eigenvalue weighted by Gasteiger charge is 3.01. The van der Waals surface area contributed by atoms with Gasteiger partial charge in [0.1, 0.15) is 12.2 Å². The van der Waals surface area contributed by atoms with Gasteiger partial charge in [0.15, 0.2) is 17.8 Å². The minimum atomic E-state index is -2.32. The highest BCUT2D eigenvalue weighted by molar-refractivity contribution is 5.93. The molecule has 0 amide bonds. The van der Waals surface area contributed by atoms with Gasteiger partial charge in [-0.3, -0.25) is 4.79 Å². The van der Waals surface area contributed by atoms with E-state index in [4.69, 9.17) is 18.9 Å². The monoisotopic (exact) mass is 590 g/mol. The summed E-state index contributed by atoms with van der Waals surface area (Å²) in [7, 11) is 0. The van der Waals surface area contributed by atoms with E-state index in [1.54, 1.807) is 19.1 Å². The number of benzene rings is 2. The lowest BCUT2D eigenvalue weighted by Gasteiger charge is -2.48. The predicted octanol–water partition coefficient (Wildman–Crippen LogP) is 2.06. The summed E-state index contributed by atoms with van der Waals surface area (Å²) in [5.41, 5.74) is -5.89. The van der Waals surface area contributed by atoms with Gasteiger partial charge in [0.2, 0.25) is 5.60 Å². The molecule has 43 heavy (non-hydrogen) atoms. The van der Waals surface area contributed by atoms with E-state index in [1.807, 2.05) is 48.5 Å². The lowest BCUT2D eigenvalue weighted by molar-refractivity contribution is -0.198. The van der Waals surface area contributed by atoms with Crippen LogP contribution in [0.15, 0.2) is 72.8 Å². The molecule has 0 aromatic heterocycles. The first-order valence-electron chi connectivity index (χ1n) is 14.5. The number of hydrogen-bond donors (Lipinski definition) is 3.